The molecular formula is C21H28N2O4. The second-order valence-electron chi connectivity index (χ2n) is 6.66. The molecule has 6 nitrogen and oxygen atoms in total. The smallest absolute Gasteiger partial charge is 0.341 e. The predicted octanol–water partition coefficient (Wildman–Crippen LogP) is 3.88. The van der Waals surface area contributed by atoms with Gasteiger partial charge in [-0.05, 0) is 43.7 Å². The molecule has 0 aliphatic heterocycles. The van der Waals surface area contributed by atoms with Crippen molar-refractivity contribution in [2.75, 3.05) is 32.6 Å². The minimum absolute atomic E-state index is 0.105. The van der Waals surface area contributed by atoms with Gasteiger partial charge in [0.2, 0.25) is 0 Å². The Morgan fingerprint density at radius 2 is 1.81 bits per heavy atom. The molecule has 0 aliphatic carbocycles. The van der Waals surface area contributed by atoms with E-state index >= 15 is 0 Å². The molecule has 1 aromatic heterocycles. The van der Waals surface area contributed by atoms with Crippen LogP contribution in [0.4, 0.5) is 5.69 Å². The number of rotatable bonds is 8. The number of carbonyl (C=O) groups is 2. The zero-order valence-electron chi connectivity index (χ0n) is 16.7. The van der Waals surface area contributed by atoms with Crippen molar-refractivity contribution in [2.45, 2.75) is 33.2 Å². The van der Waals surface area contributed by atoms with Crippen LogP contribution in [-0.4, -0.2) is 44.5 Å². The highest BCUT2D eigenvalue weighted by Gasteiger charge is 2.18. The van der Waals surface area contributed by atoms with Crippen LogP contribution in [0.15, 0.2) is 34.7 Å². The Morgan fingerprint density at radius 3 is 2.41 bits per heavy atom. The lowest BCUT2D eigenvalue weighted by Gasteiger charge is -2.20. The molecule has 146 valence electrons. The Bertz CT molecular complexity index is 780. The van der Waals surface area contributed by atoms with Crippen molar-refractivity contribution >= 4 is 17.6 Å². The molecule has 0 saturated carbocycles. The number of hydrogen-bond donors (Lipinski definition) is 0. The summed E-state index contributed by atoms with van der Waals surface area (Å²) >= 11 is 0. The number of amides is 1. The monoisotopic (exact) mass is 372 g/mol. The van der Waals surface area contributed by atoms with Gasteiger partial charge < -0.3 is 19.0 Å². The molecule has 0 N–H and O–H groups in total. The van der Waals surface area contributed by atoms with E-state index in [0.29, 0.717) is 22.6 Å². The topological polar surface area (TPSA) is 63.0 Å². The fourth-order valence-corrected chi connectivity index (χ4v) is 2.84. The molecule has 2 aromatic rings. The Balaban J connectivity index is 2.03. The summed E-state index contributed by atoms with van der Waals surface area (Å²) in [5.74, 6) is 0.475. The van der Waals surface area contributed by atoms with Gasteiger partial charge in [-0.15, -0.1) is 0 Å². The van der Waals surface area contributed by atoms with Crippen molar-refractivity contribution in [3.05, 3.63) is 53.0 Å². The van der Waals surface area contributed by atoms with Gasteiger partial charge in [-0.1, -0.05) is 13.3 Å². The minimum Gasteiger partial charge on any atom is -0.465 e. The maximum atomic E-state index is 12.7. The van der Waals surface area contributed by atoms with Gasteiger partial charge in [0.1, 0.15) is 17.1 Å². The number of hydrogen-bond acceptors (Lipinski definition) is 5. The minimum atomic E-state index is -0.445. The summed E-state index contributed by atoms with van der Waals surface area (Å²) < 4.78 is 10.3. The third-order valence-corrected chi connectivity index (χ3v) is 4.52. The van der Waals surface area contributed by atoms with E-state index in [1.54, 1.807) is 24.9 Å². The number of carbonyl (C=O) groups excluding carboxylic acids is 2. The number of anilines is 1. The largest absolute Gasteiger partial charge is 0.465 e. The average molecular weight is 372 g/mol. The number of ether oxygens (including phenoxy) is 1. The van der Waals surface area contributed by atoms with Crippen LogP contribution in [0.5, 0.6) is 0 Å². The Morgan fingerprint density at radius 1 is 1.15 bits per heavy atom. The number of esters is 1. The zero-order valence-corrected chi connectivity index (χ0v) is 16.7. The van der Waals surface area contributed by atoms with Crippen LogP contribution in [0.3, 0.4) is 0 Å². The molecule has 0 fully saturated rings. The quantitative estimate of drug-likeness (QED) is 0.658. The lowest BCUT2D eigenvalue weighted by molar-refractivity contribution is 0.0598. The highest BCUT2D eigenvalue weighted by atomic mass is 16.5. The van der Waals surface area contributed by atoms with E-state index < -0.39 is 5.97 Å². The van der Waals surface area contributed by atoms with Crippen molar-refractivity contribution in [3.63, 3.8) is 0 Å². The maximum Gasteiger partial charge on any atom is 0.341 e. The summed E-state index contributed by atoms with van der Waals surface area (Å²) in [6, 6.07) is 9.22. The summed E-state index contributed by atoms with van der Waals surface area (Å²) in [4.78, 5) is 28.1. The summed E-state index contributed by atoms with van der Waals surface area (Å²) in [7, 11) is 5.09. The molecular weight excluding hydrogens is 344 g/mol. The third-order valence-electron chi connectivity index (χ3n) is 4.52. The first-order chi connectivity index (χ1) is 12.9. The van der Waals surface area contributed by atoms with Crippen LogP contribution in [0.1, 0.15) is 52.0 Å². The second kappa shape index (κ2) is 9.26. The summed E-state index contributed by atoms with van der Waals surface area (Å²) in [5.41, 5.74) is 2.08. The van der Waals surface area contributed by atoms with E-state index in [-0.39, 0.29) is 12.5 Å². The molecule has 1 amide bonds. The lowest BCUT2D eigenvalue weighted by Crippen LogP contribution is -2.26. The predicted molar refractivity (Wildman–Crippen MR) is 105 cm³/mol. The van der Waals surface area contributed by atoms with Crippen LogP contribution in [0.2, 0.25) is 0 Å². The van der Waals surface area contributed by atoms with Crippen molar-refractivity contribution < 1.29 is 18.7 Å². The van der Waals surface area contributed by atoms with Crippen LogP contribution in [0.25, 0.3) is 0 Å². The van der Waals surface area contributed by atoms with Crippen LogP contribution < -0.4 is 4.90 Å². The van der Waals surface area contributed by atoms with Gasteiger partial charge in [0.25, 0.3) is 5.91 Å². The van der Waals surface area contributed by atoms with Crippen LogP contribution >= 0.6 is 0 Å². The first-order valence-electron chi connectivity index (χ1n) is 9.11. The van der Waals surface area contributed by atoms with Crippen molar-refractivity contribution in [3.8, 4) is 0 Å². The highest BCUT2D eigenvalue weighted by Crippen LogP contribution is 2.19. The second-order valence-corrected chi connectivity index (χ2v) is 6.66. The number of methoxy groups -OCH3 is 1. The van der Waals surface area contributed by atoms with Crippen LogP contribution in [0, 0.1) is 6.92 Å². The Labute approximate surface area is 160 Å². The molecule has 0 unspecified atom stereocenters. The molecule has 1 heterocycles. The molecule has 1 aromatic carbocycles. The molecule has 0 spiro atoms. The van der Waals surface area contributed by atoms with E-state index in [0.717, 1.165) is 25.1 Å². The Hall–Kier alpha value is -2.76. The molecule has 0 bridgehead atoms. The van der Waals surface area contributed by atoms with E-state index in [9.17, 15) is 9.59 Å². The third kappa shape index (κ3) is 5.12. The fraction of sp³-hybridized carbons (Fsp3) is 0.429. The highest BCUT2D eigenvalue weighted by molar-refractivity contribution is 5.94. The SMILES string of the molecule is CCCCN(C)c1ccc(C(=O)N(C)Cc2cc(C(=O)OC)c(C)o2)cc1. The molecule has 6 heteroatoms. The van der Waals surface area contributed by atoms with Gasteiger partial charge >= 0.3 is 5.97 Å². The summed E-state index contributed by atoms with van der Waals surface area (Å²) in [6.07, 6.45) is 2.28. The first-order valence-corrected chi connectivity index (χ1v) is 9.11. The summed E-state index contributed by atoms with van der Waals surface area (Å²) in [6.45, 7) is 5.13. The molecule has 2 rings (SSSR count). The van der Waals surface area contributed by atoms with Crippen LogP contribution in [-0.2, 0) is 11.3 Å². The van der Waals surface area contributed by atoms with E-state index in [2.05, 4.69) is 18.9 Å². The van der Waals surface area contributed by atoms with Crippen molar-refractivity contribution in [2.24, 2.45) is 0 Å². The van der Waals surface area contributed by atoms with Gasteiger partial charge in [0.05, 0.1) is 13.7 Å². The molecule has 27 heavy (non-hydrogen) atoms. The number of nitrogens with zero attached hydrogens (tertiary/aromatic N) is 2. The number of furan rings is 1. The fourth-order valence-electron chi connectivity index (χ4n) is 2.84. The zero-order chi connectivity index (χ0) is 20.0. The van der Waals surface area contributed by atoms with Crippen molar-refractivity contribution in [1.29, 1.82) is 0 Å². The molecule has 0 atom stereocenters. The maximum absolute atomic E-state index is 12.7. The lowest BCUT2D eigenvalue weighted by atomic mass is 10.1. The van der Waals surface area contributed by atoms with Gasteiger partial charge in [-0.25, -0.2) is 4.79 Å². The van der Waals surface area contributed by atoms with Gasteiger partial charge in [0, 0.05) is 31.9 Å². The average Bonchev–Trinajstić information content (AvgIpc) is 3.04. The number of unbranched alkanes of at least 4 members (excludes halogenated alkanes) is 1. The van der Waals surface area contributed by atoms with Gasteiger partial charge in [-0.3, -0.25) is 4.79 Å². The van der Waals surface area contributed by atoms with Gasteiger partial charge in [0.15, 0.2) is 0 Å². The number of benzene rings is 1. The van der Waals surface area contributed by atoms with Crippen molar-refractivity contribution in [1.82, 2.24) is 4.90 Å². The van der Waals surface area contributed by atoms with E-state index in [1.165, 1.54) is 7.11 Å². The van der Waals surface area contributed by atoms with E-state index in [1.807, 2.05) is 24.3 Å². The van der Waals surface area contributed by atoms with Gasteiger partial charge in [-0.2, -0.15) is 0 Å². The summed E-state index contributed by atoms with van der Waals surface area (Å²) in [5, 5.41) is 0. The molecule has 0 radical (unpaired) electrons. The standard InChI is InChI=1S/C21H28N2O4/c1-6-7-12-22(3)17-10-8-16(9-11-17)20(24)23(4)14-18-13-19(15(2)27-18)21(25)26-5/h8-11,13H,6-7,12,14H2,1-5H3. The van der Waals surface area contributed by atoms with E-state index in [4.69, 9.17) is 9.15 Å². The number of aryl methyl sites for hydroxylation is 1. The molecule has 0 aliphatic rings. The normalized spacial score (nSPS) is 10.6. The first kappa shape index (κ1) is 20.6. The Kier molecular flexibility index (Phi) is 7.05. The molecule has 0 saturated heterocycles.